The van der Waals surface area contributed by atoms with E-state index in [0.29, 0.717) is 36.0 Å². The molecule has 1 saturated heterocycles. The fourth-order valence-electron chi connectivity index (χ4n) is 2.75. The Morgan fingerprint density at radius 2 is 2.23 bits per heavy atom. The molecule has 3 N–H and O–H groups in total. The first kappa shape index (κ1) is 14.7. The molecule has 1 aromatic heterocycles. The van der Waals surface area contributed by atoms with Crippen molar-refractivity contribution in [2.45, 2.75) is 31.7 Å². The van der Waals surface area contributed by atoms with Crippen LogP contribution in [0.25, 0.3) is 10.9 Å². The number of aromatic amines is 1. The maximum atomic E-state index is 11.9. The van der Waals surface area contributed by atoms with Crippen LogP contribution in [0.2, 0.25) is 0 Å². The van der Waals surface area contributed by atoms with Crippen molar-refractivity contribution >= 4 is 16.8 Å². The number of aryl methyl sites for hydroxylation is 1. The minimum Gasteiger partial charge on any atom is -0.352 e. The number of para-hydroxylation sites is 1. The van der Waals surface area contributed by atoms with E-state index in [1.807, 2.05) is 18.2 Å². The third-order valence-corrected chi connectivity index (χ3v) is 3.90. The van der Waals surface area contributed by atoms with Crippen LogP contribution in [0.15, 0.2) is 29.1 Å². The average Bonchev–Trinajstić information content (AvgIpc) is 3.00. The monoisotopic (exact) mass is 300 g/mol. The molecule has 1 atom stereocenters. The zero-order valence-corrected chi connectivity index (χ0v) is 12.4. The summed E-state index contributed by atoms with van der Waals surface area (Å²) in [7, 11) is 0. The smallest absolute Gasteiger partial charge is 0.258 e. The average molecular weight is 300 g/mol. The summed E-state index contributed by atoms with van der Waals surface area (Å²) in [6.45, 7) is 1.82. The predicted octanol–water partition coefficient (Wildman–Crippen LogP) is 0.724. The second kappa shape index (κ2) is 6.70. The maximum absolute atomic E-state index is 11.9. The van der Waals surface area contributed by atoms with Crippen LogP contribution < -0.4 is 16.2 Å². The highest BCUT2D eigenvalue weighted by Crippen LogP contribution is 2.07. The first-order chi connectivity index (χ1) is 10.7. The molecule has 3 rings (SSSR count). The normalized spacial score (nSPS) is 17.7. The van der Waals surface area contributed by atoms with Crippen LogP contribution in [0.1, 0.15) is 25.1 Å². The number of amides is 1. The fraction of sp³-hybridized carbons (Fsp3) is 0.438. The van der Waals surface area contributed by atoms with Crippen LogP contribution in [-0.4, -0.2) is 35.0 Å². The molecule has 1 amide bonds. The lowest BCUT2D eigenvalue weighted by atomic mass is 10.2. The van der Waals surface area contributed by atoms with Gasteiger partial charge in [-0.2, -0.15) is 0 Å². The Balaban J connectivity index is 1.55. The van der Waals surface area contributed by atoms with E-state index >= 15 is 0 Å². The molecule has 1 unspecified atom stereocenters. The lowest BCUT2D eigenvalue weighted by Gasteiger charge is -2.10. The second-order valence-electron chi connectivity index (χ2n) is 5.64. The summed E-state index contributed by atoms with van der Waals surface area (Å²) in [5, 5.41) is 6.83. The molecule has 0 aliphatic carbocycles. The number of hydrogen-bond acceptors (Lipinski definition) is 4. The first-order valence-electron chi connectivity index (χ1n) is 7.70. The molecular formula is C16H20N4O2. The molecule has 1 aliphatic heterocycles. The third-order valence-electron chi connectivity index (χ3n) is 3.90. The number of carbonyl (C=O) groups is 1. The zero-order chi connectivity index (χ0) is 15.4. The summed E-state index contributed by atoms with van der Waals surface area (Å²) in [6.07, 6.45) is 2.71. The Kier molecular flexibility index (Phi) is 4.48. The van der Waals surface area contributed by atoms with E-state index in [1.54, 1.807) is 6.07 Å². The van der Waals surface area contributed by atoms with Crippen LogP contribution >= 0.6 is 0 Å². The number of fused-ring (bicyclic) bond motifs is 1. The van der Waals surface area contributed by atoms with Gasteiger partial charge in [-0.05, 0) is 31.5 Å². The molecule has 1 aliphatic rings. The van der Waals surface area contributed by atoms with Crippen LogP contribution in [0.3, 0.4) is 0 Å². The lowest BCUT2D eigenvalue weighted by Crippen LogP contribution is -2.36. The van der Waals surface area contributed by atoms with Crippen LogP contribution in [0, 0.1) is 0 Å². The van der Waals surface area contributed by atoms with Crippen LogP contribution in [0.4, 0.5) is 0 Å². The van der Waals surface area contributed by atoms with Gasteiger partial charge in [0.05, 0.1) is 10.9 Å². The quantitative estimate of drug-likeness (QED) is 0.759. The summed E-state index contributed by atoms with van der Waals surface area (Å²) in [4.78, 5) is 31.0. The Bertz CT molecular complexity index is 719. The summed E-state index contributed by atoms with van der Waals surface area (Å²) in [5.41, 5.74) is 0.574. The van der Waals surface area contributed by atoms with Gasteiger partial charge >= 0.3 is 0 Å². The van der Waals surface area contributed by atoms with E-state index in [0.717, 1.165) is 19.5 Å². The Morgan fingerprint density at radius 1 is 1.36 bits per heavy atom. The van der Waals surface area contributed by atoms with Crippen molar-refractivity contribution in [3.05, 3.63) is 40.4 Å². The fourth-order valence-corrected chi connectivity index (χ4v) is 2.75. The van der Waals surface area contributed by atoms with Crippen molar-refractivity contribution in [1.82, 2.24) is 20.6 Å². The molecule has 22 heavy (non-hydrogen) atoms. The Labute approximate surface area is 128 Å². The van der Waals surface area contributed by atoms with E-state index < -0.39 is 0 Å². The molecule has 0 saturated carbocycles. The molecule has 6 nitrogen and oxygen atoms in total. The number of carbonyl (C=O) groups excluding carboxylic acids is 1. The van der Waals surface area contributed by atoms with Gasteiger partial charge in [0.25, 0.3) is 5.56 Å². The number of H-pyrrole nitrogens is 1. The van der Waals surface area contributed by atoms with Gasteiger partial charge in [-0.15, -0.1) is 0 Å². The van der Waals surface area contributed by atoms with Gasteiger partial charge < -0.3 is 15.6 Å². The van der Waals surface area contributed by atoms with Gasteiger partial charge in [-0.3, -0.25) is 9.59 Å². The molecule has 1 aromatic carbocycles. The molecule has 2 aromatic rings. The summed E-state index contributed by atoms with van der Waals surface area (Å²) in [6, 6.07) is 7.52. The SMILES string of the molecule is O=C(CCCc1nc2ccccc2c(=O)[nH]1)NC1CCNC1. The number of hydrogen-bond donors (Lipinski definition) is 3. The first-order valence-corrected chi connectivity index (χ1v) is 7.70. The van der Waals surface area contributed by atoms with Crippen molar-refractivity contribution < 1.29 is 4.79 Å². The van der Waals surface area contributed by atoms with Gasteiger partial charge in [0, 0.05) is 25.4 Å². The van der Waals surface area contributed by atoms with Gasteiger partial charge in [0.15, 0.2) is 0 Å². The third kappa shape index (κ3) is 3.51. The molecule has 0 radical (unpaired) electrons. The molecule has 116 valence electrons. The molecule has 0 spiro atoms. The zero-order valence-electron chi connectivity index (χ0n) is 12.4. The molecule has 6 heteroatoms. The van der Waals surface area contributed by atoms with Crippen molar-refractivity contribution in [3.63, 3.8) is 0 Å². The largest absolute Gasteiger partial charge is 0.352 e. The molecule has 1 fully saturated rings. The predicted molar refractivity (Wildman–Crippen MR) is 84.7 cm³/mol. The Morgan fingerprint density at radius 3 is 3.05 bits per heavy atom. The van der Waals surface area contributed by atoms with E-state index in [9.17, 15) is 9.59 Å². The number of benzene rings is 1. The topological polar surface area (TPSA) is 86.9 Å². The Hall–Kier alpha value is -2.21. The van der Waals surface area contributed by atoms with E-state index in [2.05, 4.69) is 20.6 Å². The van der Waals surface area contributed by atoms with Crippen molar-refractivity contribution in [3.8, 4) is 0 Å². The van der Waals surface area contributed by atoms with Gasteiger partial charge in [-0.25, -0.2) is 4.98 Å². The molecular weight excluding hydrogens is 280 g/mol. The number of nitrogens with zero attached hydrogens (tertiary/aromatic N) is 1. The lowest BCUT2D eigenvalue weighted by molar-refractivity contribution is -0.121. The van der Waals surface area contributed by atoms with Gasteiger partial charge in [-0.1, -0.05) is 12.1 Å². The van der Waals surface area contributed by atoms with Gasteiger partial charge in [0.2, 0.25) is 5.91 Å². The minimum atomic E-state index is -0.123. The van der Waals surface area contributed by atoms with Crippen molar-refractivity contribution in [2.24, 2.45) is 0 Å². The van der Waals surface area contributed by atoms with Crippen molar-refractivity contribution in [1.29, 1.82) is 0 Å². The van der Waals surface area contributed by atoms with Crippen LogP contribution in [-0.2, 0) is 11.2 Å². The minimum absolute atomic E-state index is 0.0665. The van der Waals surface area contributed by atoms with E-state index in [-0.39, 0.29) is 17.5 Å². The second-order valence-corrected chi connectivity index (χ2v) is 5.64. The number of rotatable bonds is 5. The standard InChI is InChI=1S/C16H20N4O2/c21-15(18-11-8-9-17-10-11)7-3-6-14-19-13-5-2-1-4-12(13)16(22)20-14/h1-2,4-5,11,17H,3,6-10H2,(H,18,21)(H,19,20,22). The summed E-state index contributed by atoms with van der Waals surface area (Å²) < 4.78 is 0. The summed E-state index contributed by atoms with van der Waals surface area (Å²) >= 11 is 0. The van der Waals surface area contributed by atoms with E-state index in [4.69, 9.17) is 0 Å². The highest BCUT2D eigenvalue weighted by molar-refractivity contribution is 5.77. The van der Waals surface area contributed by atoms with E-state index in [1.165, 1.54) is 0 Å². The van der Waals surface area contributed by atoms with Crippen LogP contribution in [0.5, 0.6) is 0 Å². The van der Waals surface area contributed by atoms with Gasteiger partial charge in [0.1, 0.15) is 5.82 Å². The molecule has 0 bridgehead atoms. The van der Waals surface area contributed by atoms with Crippen molar-refractivity contribution in [2.75, 3.05) is 13.1 Å². The maximum Gasteiger partial charge on any atom is 0.258 e. The summed E-state index contributed by atoms with van der Waals surface area (Å²) in [5.74, 6) is 0.705. The number of nitrogens with one attached hydrogen (secondary N) is 3. The molecule has 2 heterocycles. The highest BCUT2D eigenvalue weighted by Gasteiger charge is 2.16. The highest BCUT2D eigenvalue weighted by atomic mass is 16.1. The number of aromatic nitrogens is 2.